The molecule has 0 aromatic heterocycles. The number of hydrogen-bond acceptors (Lipinski definition) is 5. The van der Waals surface area contributed by atoms with Crippen LogP contribution in [-0.4, -0.2) is 40.4 Å². The van der Waals surface area contributed by atoms with Gasteiger partial charge in [0.15, 0.2) is 0 Å². The van der Waals surface area contributed by atoms with Crippen LogP contribution in [0.25, 0.3) is 0 Å². The fourth-order valence-corrected chi connectivity index (χ4v) is 7.18. The Balaban J connectivity index is 1.18. The molecule has 0 radical (unpaired) electrons. The molecule has 1 unspecified atom stereocenters. The molecule has 0 saturated heterocycles. The number of aliphatic carboxylic acids is 1. The zero-order valence-corrected chi connectivity index (χ0v) is 30.6. The van der Waals surface area contributed by atoms with Crippen molar-refractivity contribution < 1.29 is 42.1 Å². The van der Waals surface area contributed by atoms with Gasteiger partial charge in [0.05, 0.1) is 5.56 Å². The number of nitrogens with one attached hydrogen (secondary N) is 1. The number of halogens is 3. The number of amides is 2. The van der Waals surface area contributed by atoms with Crippen molar-refractivity contribution in [2.75, 3.05) is 6.54 Å². The minimum absolute atomic E-state index is 0.00114. The van der Waals surface area contributed by atoms with Crippen molar-refractivity contribution in [2.24, 2.45) is 5.92 Å². The van der Waals surface area contributed by atoms with Crippen LogP contribution in [-0.2, 0) is 38.8 Å². The van der Waals surface area contributed by atoms with Crippen LogP contribution >= 0.6 is 0 Å². The maximum atomic E-state index is 14.2. The summed E-state index contributed by atoms with van der Waals surface area (Å²) in [6, 6.07) is 21.7. The molecule has 2 amide bonds. The predicted octanol–water partition coefficient (Wildman–Crippen LogP) is 9.41. The lowest BCUT2D eigenvalue weighted by atomic mass is 9.87. The predicted molar refractivity (Wildman–Crippen MR) is 198 cm³/mol. The van der Waals surface area contributed by atoms with E-state index in [4.69, 9.17) is 9.47 Å². The van der Waals surface area contributed by atoms with Gasteiger partial charge in [0, 0.05) is 19.4 Å². The molecular weight excluding hydrogens is 697 g/mol. The fraction of sp³-hybridized carbons (Fsp3) is 0.372. The van der Waals surface area contributed by atoms with E-state index in [1.165, 1.54) is 17.7 Å². The molecule has 284 valence electrons. The second-order valence-corrected chi connectivity index (χ2v) is 15.2. The van der Waals surface area contributed by atoms with Crippen LogP contribution < -0.4 is 14.8 Å². The molecule has 2 atom stereocenters. The van der Waals surface area contributed by atoms with Crippen LogP contribution in [0.5, 0.6) is 23.0 Å². The summed E-state index contributed by atoms with van der Waals surface area (Å²) in [5.41, 5.74) is 2.45. The summed E-state index contributed by atoms with van der Waals surface area (Å²) in [7, 11) is 0. The largest absolute Gasteiger partial charge is 0.480 e. The molecule has 4 aromatic carbocycles. The average Bonchev–Trinajstić information content (AvgIpc) is 3.64. The number of carbonyl (C=O) groups excluding carboxylic acids is 2. The van der Waals surface area contributed by atoms with Gasteiger partial charge in [-0.2, -0.15) is 13.2 Å². The van der Waals surface area contributed by atoms with E-state index in [0.717, 1.165) is 43.4 Å². The Morgan fingerprint density at radius 1 is 0.796 bits per heavy atom. The first kappa shape index (κ1) is 38.4. The minimum atomic E-state index is -4.46. The van der Waals surface area contributed by atoms with E-state index in [9.17, 15) is 32.7 Å². The van der Waals surface area contributed by atoms with Gasteiger partial charge in [-0.3, -0.25) is 9.59 Å². The third-order valence-electron chi connectivity index (χ3n) is 10.2. The second-order valence-electron chi connectivity index (χ2n) is 15.2. The van der Waals surface area contributed by atoms with Crippen molar-refractivity contribution in [1.29, 1.82) is 0 Å². The summed E-state index contributed by atoms with van der Waals surface area (Å²) in [6.07, 6.45) is 0.437. The highest BCUT2D eigenvalue weighted by Crippen LogP contribution is 2.37. The molecule has 54 heavy (non-hydrogen) atoms. The molecule has 6 rings (SSSR count). The Hall–Kier alpha value is -5.32. The highest BCUT2D eigenvalue weighted by Gasteiger charge is 2.38. The Kier molecular flexibility index (Phi) is 11.4. The maximum absolute atomic E-state index is 14.2. The van der Waals surface area contributed by atoms with Gasteiger partial charge >= 0.3 is 12.1 Å². The number of alkyl halides is 3. The van der Waals surface area contributed by atoms with Gasteiger partial charge in [0.1, 0.15) is 35.1 Å². The van der Waals surface area contributed by atoms with Gasteiger partial charge in [0.25, 0.3) is 0 Å². The molecule has 11 heteroatoms. The third kappa shape index (κ3) is 9.42. The minimum Gasteiger partial charge on any atom is -0.480 e. The highest BCUT2D eigenvalue weighted by molar-refractivity contribution is 5.92. The molecule has 2 aliphatic rings. The lowest BCUT2D eigenvalue weighted by molar-refractivity contribution is -0.145. The number of ether oxygens (including phenoxy) is 2. The van der Waals surface area contributed by atoms with Crippen molar-refractivity contribution in [3.05, 3.63) is 119 Å². The van der Waals surface area contributed by atoms with Crippen LogP contribution in [0.3, 0.4) is 0 Å². The quantitative estimate of drug-likeness (QED) is 0.159. The molecule has 1 fully saturated rings. The van der Waals surface area contributed by atoms with Crippen molar-refractivity contribution in [3.8, 4) is 23.0 Å². The van der Waals surface area contributed by atoms with Gasteiger partial charge in [-0.05, 0) is 114 Å². The SMILES string of the molecule is CC(C)(C)c1ccc(Oc2ccc3c(c2)CCN(C(=O)CC2CCCC2)C3C(=O)N[C@@H](Cc2ccc(Oc3ccc(C(F)(F)F)cc3)cc2)C(=O)O)cc1. The molecule has 1 aliphatic heterocycles. The normalized spacial score (nSPS) is 16.7. The molecule has 4 aromatic rings. The van der Waals surface area contributed by atoms with Crippen molar-refractivity contribution in [1.82, 2.24) is 10.2 Å². The summed E-state index contributed by atoms with van der Waals surface area (Å²) in [4.78, 5) is 42.0. The van der Waals surface area contributed by atoms with E-state index in [-0.39, 0.29) is 29.4 Å². The standard InChI is InChI=1S/C43H45F3N2O6/c1-42(2,3)30-10-16-34(17-11-30)54-35-20-21-36-29(26-35)22-23-48(38(49)25-27-6-4-5-7-27)39(36)40(50)47-37(41(51)52)24-28-8-14-32(15-9-28)53-33-18-12-31(13-19-33)43(44,45)46/h8-21,26-27,37,39H,4-7,22-25H2,1-3H3,(H,47,50)(H,51,52)/t37-,39?/m0/s1. The van der Waals surface area contributed by atoms with E-state index in [0.29, 0.717) is 47.8 Å². The second kappa shape index (κ2) is 16.0. The average molecular weight is 743 g/mol. The number of benzene rings is 4. The van der Waals surface area contributed by atoms with E-state index in [1.807, 2.05) is 30.3 Å². The summed E-state index contributed by atoms with van der Waals surface area (Å²) in [6.45, 7) is 6.73. The number of carboxylic acids is 1. The lowest BCUT2D eigenvalue weighted by Crippen LogP contribution is -2.51. The zero-order chi connectivity index (χ0) is 38.6. The Labute approximate surface area is 313 Å². The van der Waals surface area contributed by atoms with Crippen molar-refractivity contribution >= 4 is 17.8 Å². The van der Waals surface area contributed by atoms with E-state index >= 15 is 0 Å². The van der Waals surface area contributed by atoms with E-state index in [2.05, 4.69) is 26.1 Å². The maximum Gasteiger partial charge on any atom is 0.416 e. The zero-order valence-electron chi connectivity index (χ0n) is 30.6. The van der Waals surface area contributed by atoms with Crippen LogP contribution in [0.15, 0.2) is 91.0 Å². The first-order valence-corrected chi connectivity index (χ1v) is 18.3. The molecule has 0 spiro atoms. The molecule has 1 saturated carbocycles. The Morgan fingerprint density at radius 3 is 1.89 bits per heavy atom. The molecule has 2 N–H and O–H groups in total. The van der Waals surface area contributed by atoms with E-state index in [1.54, 1.807) is 41.3 Å². The van der Waals surface area contributed by atoms with Gasteiger partial charge in [-0.15, -0.1) is 0 Å². The van der Waals surface area contributed by atoms with Gasteiger partial charge in [-0.25, -0.2) is 4.79 Å². The first-order valence-electron chi connectivity index (χ1n) is 18.3. The molecular formula is C43H45F3N2O6. The lowest BCUT2D eigenvalue weighted by Gasteiger charge is -2.37. The first-order chi connectivity index (χ1) is 25.6. The Morgan fingerprint density at radius 2 is 1.33 bits per heavy atom. The molecule has 0 bridgehead atoms. The number of carbonyl (C=O) groups is 3. The van der Waals surface area contributed by atoms with Gasteiger partial charge in [-0.1, -0.05) is 63.9 Å². The Bertz CT molecular complexity index is 1950. The molecule has 8 nitrogen and oxygen atoms in total. The summed E-state index contributed by atoms with van der Waals surface area (Å²) >= 11 is 0. The smallest absolute Gasteiger partial charge is 0.416 e. The topological polar surface area (TPSA) is 105 Å². The summed E-state index contributed by atoms with van der Waals surface area (Å²) in [5.74, 6) is 0.130. The van der Waals surface area contributed by atoms with Gasteiger partial charge < -0.3 is 24.8 Å². The van der Waals surface area contributed by atoms with Crippen LogP contribution in [0.1, 0.15) is 86.7 Å². The number of rotatable bonds is 11. The third-order valence-corrected chi connectivity index (χ3v) is 10.2. The number of nitrogens with zero attached hydrogens (tertiary/aromatic N) is 1. The van der Waals surface area contributed by atoms with Crippen LogP contribution in [0, 0.1) is 5.92 Å². The number of hydrogen-bond donors (Lipinski definition) is 2. The summed E-state index contributed by atoms with van der Waals surface area (Å²) in [5, 5.41) is 12.9. The number of carboxylic acid groups (broad SMARTS) is 1. The monoisotopic (exact) mass is 742 g/mol. The van der Waals surface area contributed by atoms with E-state index < -0.39 is 35.7 Å². The summed E-state index contributed by atoms with van der Waals surface area (Å²) < 4.78 is 50.6. The van der Waals surface area contributed by atoms with Crippen LogP contribution in [0.4, 0.5) is 13.2 Å². The van der Waals surface area contributed by atoms with Gasteiger partial charge in [0.2, 0.25) is 11.8 Å². The van der Waals surface area contributed by atoms with Crippen molar-refractivity contribution in [3.63, 3.8) is 0 Å². The number of fused-ring (bicyclic) bond motifs is 1. The van der Waals surface area contributed by atoms with Crippen LogP contribution in [0.2, 0.25) is 0 Å². The molecule has 1 heterocycles. The molecule has 1 aliphatic carbocycles. The van der Waals surface area contributed by atoms with Crippen molar-refractivity contribution in [2.45, 2.75) is 89.4 Å². The highest BCUT2D eigenvalue weighted by atomic mass is 19.4. The fourth-order valence-electron chi connectivity index (χ4n) is 7.18.